The van der Waals surface area contributed by atoms with Crippen molar-refractivity contribution in [2.75, 3.05) is 4.43 Å². The van der Waals surface area contributed by atoms with Crippen molar-refractivity contribution in [3.8, 4) is 0 Å². The van der Waals surface area contributed by atoms with Gasteiger partial charge < -0.3 is 0 Å². The molecule has 0 saturated carbocycles. The van der Waals surface area contributed by atoms with Gasteiger partial charge in [-0.25, -0.2) is 0 Å². The van der Waals surface area contributed by atoms with Crippen LogP contribution in [0.2, 0.25) is 0 Å². The maximum atomic E-state index is 8.71. The molecule has 1 fully saturated rings. The third-order valence-corrected chi connectivity index (χ3v) is 2.98. The minimum atomic E-state index is -0.415. The van der Waals surface area contributed by atoms with Crippen LogP contribution in [0.3, 0.4) is 0 Å². The fraction of sp³-hybridized carbons (Fsp3) is 1.00. The zero-order valence-electron chi connectivity index (χ0n) is 3.93. The first kappa shape index (κ1) is 5.78. The normalized spacial score (nSPS) is 34.1. The van der Waals surface area contributed by atoms with Crippen LogP contribution in [-0.2, 0) is 3.07 Å². The Morgan fingerprint density at radius 2 is 2.57 bits per heavy atom. The van der Waals surface area contributed by atoms with Crippen molar-refractivity contribution in [3.63, 3.8) is 0 Å². The Balaban J connectivity index is 2.12. The van der Waals surface area contributed by atoms with E-state index in [1.807, 2.05) is 0 Å². The third-order valence-electron chi connectivity index (χ3n) is 0.828. The number of rotatable bonds is 0. The monoisotopic (exact) mass is 215 g/mol. The van der Waals surface area contributed by atoms with Crippen LogP contribution in [0.5, 0.6) is 0 Å². The Bertz CT molecular complexity index is 51.7. The van der Waals surface area contributed by atoms with Crippen molar-refractivity contribution in [1.29, 1.82) is 0 Å². The topological polar surface area (TPSA) is 29.5 Å². The molecule has 0 aliphatic carbocycles. The molecule has 1 atom stereocenters. The summed E-state index contributed by atoms with van der Waals surface area (Å²) < 4.78 is 6.16. The molecular weight excluding hydrogens is 207 g/mol. The van der Waals surface area contributed by atoms with Gasteiger partial charge >= 0.3 is 53.4 Å². The van der Waals surface area contributed by atoms with E-state index in [0.717, 1.165) is 12.8 Å². The first-order valence-corrected chi connectivity index (χ1v) is 4.73. The molecule has 0 aromatic heterocycles. The predicted octanol–water partition coefficient (Wildman–Crippen LogP) is -2.88. The molecule has 1 aliphatic heterocycles. The molecule has 1 N–H and O–H groups in total. The van der Waals surface area contributed by atoms with E-state index in [-0.39, 0.29) is 21.6 Å². The van der Waals surface area contributed by atoms with Crippen LogP contribution in [0.25, 0.3) is 0 Å². The first-order chi connectivity index (χ1) is 3.39. The van der Waals surface area contributed by atoms with E-state index in [2.05, 4.69) is 0 Å². The van der Waals surface area contributed by atoms with E-state index in [0.29, 0.717) is 0 Å². The Hall–Kier alpha value is 0.650. The molecule has 0 amide bonds. The molecule has 7 heavy (non-hydrogen) atoms. The van der Waals surface area contributed by atoms with E-state index in [1.54, 1.807) is 0 Å². The van der Waals surface area contributed by atoms with Crippen LogP contribution >= 0.6 is 0 Å². The van der Waals surface area contributed by atoms with Gasteiger partial charge in [-0.2, -0.15) is 0 Å². The number of aliphatic hydroxyl groups is 1. The van der Waals surface area contributed by atoms with Gasteiger partial charge in [0.05, 0.1) is 0 Å². The quantitative estimate of drug-likeness (QED) is 0.347. The third kappa shape index (κ3) is 1.92. The molecule has 0 aromatic carbocycles. The molecule has 1 aliphatic rings. The van der Waals surface area contributed by atoms with Crippen molar-refractivity contribution in [1.82, 2.24) is 0 Å². The van der Waals surface area contributed by atoms with Crippen LogP contribution in [0.1, 0.15) is 12.8 Å². The van der Waals surface area contributed by atoms with E-state index < -0.39 is 6.29 Å². The summed E-state index contributed by atoms with van der Waals surface area (Å²) in [5.74, 6) is 0. The van der Waals surface area contributed by atoms with E-state index >= 15 is 0 Å². The molecule has 0 spiro atoms. The summed E-state index contributed by atoms with van der Waals surface area (Å²) in [6.45, 7) is 0. The zero-order valence-corrected chi connectivity index (χ0v) is 6.09. The van der Waals surface area contributed by atoms with Crippen molar-refractivity contribution in [2.45, 2.75) is 19.1 Å². The van der Waals surface area contributed by atoms with Crippen LogP contribution in [0.15, 0.2) is 0 Å². The van der Waals surface area contributed by atoms with Crippen molar-refractivity contribution < 1.29 is 29.8 Å². The van der Waals surface area contributed by atoms with Gasteiger partial charge in [-0.05, 0) is 0 Å². The molecule has 1 heterocycles. The second kappa shape index (κ2) is 2.84. The maximum absolute atomic E-state index is 8.71. The number of halogens is 1. The van der Waals surface area contributed by atoms with Crippen LogP contribution in [0.4, 0.5) is 0 Å². The Labute approximate surface area is 53.7 Å². The molecule has 1 rings (SSSR count). The minimum absolute atomic E-state index is 0.0755. The summed E-state index contributed by atoms with van der Waals surface area (Å²) in [5, 5.41) is 8.71. The second-order valence-electron chi connectivity index (χ2n) is 1.48. The average molecular weight is 215 g/mol. The predicted molar refractivity (Wildman–Crippen MR) is 21.2 cm³/mol. The summed E-state index contributed by atoms with van der Waals surface area (Å²) in [6, 6.07) is 0. The van der Waals surface area contributed by atoms with Gasteiger partial charge in [-0.1, -0.05) is 0 Å². The number of hydrogen-bond donors (Lipinski definition) is 1. The van der Waals surface area contributed by atoms with Gasteiger partial charge in [0.1, 0.15) is 0 Å². The van der Waals surface area contributed by atoms with Gasteiger partial charge in [-0.3, -0.25) is 0 Å². The van der Waals surface area contributed by atoms with Crippen LogP contribution in [-0.4, -0.2) is 15.8 Å². The molecule has 0 bridgehead atoms. The molecule has 1 saturated heterocycles. The summed E-state index contributed by atoms with van der Waals surface area (Å²) in [4.78, 5) is 0. The molecular formula is C4H8IO2-. The summed E-state index contributed by atoms with van der Waals surface area (Å²) in [5.41, 5.74) is 0. The molecule has 44 valence electrons. The number of aliphatic hydroxyl groups excluding tert-OH is 1. The second-order valence-corrected chi connectivity index (χ2v) is 3.69. The molecule has 2 nitrogen and oxygen atoms in total. The van der Waals surface area contributed by atoms with E-state index in [1.165, 1.54) is 4.43 Å². The summed E-state index contributed by atoms with van der Waals surface area (Å²) >= 11 is -0.0755. The number of hydrogen-bond acceptors (Lipinski definition) is 2. The Morgan fingerprint density at radius 3 is 2.86 bits per heavy atom. The first-order valence-electron chi connectivity index (χ1n) is 2.32. The molecule has 1 unspecified atom stereocenters. The van der Waals surface area contributed by atoms with Crippen LogP contribution in [0, 0.1) is 0 Å². The van der Waals surface area contributed by atoms with Gasteiger partial charge in [0, 0.05) is 0 Å². The zero-order chi connectivity index (χ0) is 5.11. The molecule has 0 radical (unpaired) electrons. The SMILES string of the molecule is OC1CCC[I-]O1. The Morgan fingerprint density at radius 1 is 1.71 bits per heavy atom. The molecule has 0 aromatic rings. The van der Waals surface area contributed by atoms with Gasteiger partial charge in [-0.15, -0.1) is 0 Å². The van der Waals surface area contributed by atoms with Crippen molar-refractivity contribution >= 4 is 0 Å². The number of alkyl halides is 1. The summed E-state index contributed by atoms with van der Waals surface area (Å²) in [6.07, 6.45) is 1.59. The fourth-order valence-corrected chi connectivity index (χ4v) is 2.14. The Kier molecular flexibility index (Phi) is 2.34. The van der Waals surface area contributed by atoms with Crippen LogP contribution < -0.4 is 21.6 Å². The summed E-state index contributed by atoms with van der Waals surface area (Å²) in [7, 11) is 0. The van der Waals surface area contributed by atoms with Crippen molar-refractivity contribution in [3.05, 3.63) is 0 Å². The van der Waals surface area contributed by atoms with E-state index in [9.17, 15) is 0 Å². The van der Waals surface area contributed by atoms with Gasteiger partial charge in [0.2, 0.25) is 0 Å². The molecule has 3 heteroatoms. The van der Waals surface area contributed by atoms with Gasteiger partial charge in [0.25, 0.3) is 0 Å². The standard InChI is InChI=1S/C4H8IO2/c6-4-2-1-3-5-7-4/h4,6H,1-3H2/q-1. The van der Waals surface area contributed by atoms with Gasteiger partial charge in [0.15, 0.2) is 0 Å². The van der Waals surface area contributed by atoms with E-state index in [4.69, 9.17) is 8.17 Å². The average Bonchev–Trinajstić information content (AvgIpc) is 1.69. The van der Waals surface area contributed by atoms with Crippen molar-refractivity contribution in [2.24, 2.45) is 0 Å². The fourth-order valence-electron chi connectivity index (χ4n) is 0.468.